The van der Waals surface area contributed by atoms with Gasteiger partial charge in [-0.2, -0.15) is 0 Å². The molecule has 1 aliphatic carbocycles. The van der Waals surface area contributed by atoms with Gasteiger partial charge in [-0.3, -0.25) is 4.99 Å². The van der Waals surface area contributed by atoms with E-state index in [-0.39, 0.29) is 0 Å². The molecule has 2 rings (SSSR count). The van der Waals surface area contributed by atoms with Gasteiger partial charge < -0.3 is 15.1 Å². The Bertz CT molecular complexity index is 476. The summed E-state index contributed by atoms with van der Waals surface area (Å²) in [5.41, 5.74) is 1.11. The van der Waals surface area contributed by atoms with E-state index in [0.29, 0.717) is 6.04 Å². The highest BCUT2D eigenvalue weighted by Crippen LogP contribution is 2.34. The van der Waals surface area contributed by atoms with Crippen LogP contribution in [0.25, 0.3) is 0 Å². The van der Waals surface area contributed by atoms with E-state index < -0.39 is 0 Å². The second kappa shape index (κ2) is 7.22. The Hall–Kier alpha value is -1.14. The van der Waals surface area contributed by atoms with Crippen molar-refractivity contribution in [1.82, 2.24) is 20.1 Å². The molecule has 5 nitrogen and oxygen atoms in total. The highest BCUT2D eigenvalue weighted by molar-refractivity contribution is 7.09. The van der Waals surface area contributed by atoms with Crippen LogP contribution in [0, 0.1) is 12.8 Å². The predicted octanol–water partition coefficient (Wildman–Crippen LogP) is 1.80. The Balaban J connectivity index is 1.87. The number of likely N-dealkylation sites (N-methyl/N-ethyl adjacent to an activating group) is 1. The fourth-order valence-corrected chi connectivity index (χ4v) is 3.23. The van der Waals surface area contributed by atoms with Gasteiger partial charge in [0.15, 0.2) is 5.96 Å². The number of hydrogen-bond acceptors (Lipinski definition) is 4. The van der Waals surface area contributed by atoms with E-state index in [4.69, 9.17) is 0 Å². The maximum Gasteiger partial charge on any atom is 0.193 e. The Labute approximate surface area is 132 Å². The number of guanidine groups is 1. The van der Waals surface area contributed by atoms with E-state index in [1.807, 2.05) is 14.0 Å². The molecule has 118 valence electrons. The molecular formula is C15H27N5S. The zero-order chi connectivity index (χ0) is 15.4. The summed E-state index contributed by atoms with van der Waals surface area (Å²) >= 11 is 1.70. The summed E-state index contributed by atoms with van der Waals surface area (Å²) in [7, 11) is 8.23. The van der Waals surface area contributed by atoms with Crippen molar-refractivity contribution in [3.63, 3.8) is 0 Å². The molecule has 1 aromatic rings. The van der Waals surface area contributed by atoms with Gasteiger partial charge >= 0.3 is 0 Å². The van der Waals surface area contributed by atoms with Crippen LogP contribution < -0.4 is 5.32 Å². The quantitative estimate of drug-likeness (QED) is 0.643. The summed E-state index contributed by atoms with van der Waals surface area (Å²) in [5, 5.41) is 6.74. The third-order valence-corrected chi connectivity index (χ3v) is 4.76. The lowest BCUT2D eigenvalue weighted by molar-refractivity contribution is 0.262. The summed E-state index contributed by atoms with van der Waals surface area (Å²) < 4.78 is 0. The van der Waals surface area contributed by atoms with Gasteiger partial charge in [0.1, 0.15) is 0 Å². The molecule has 21 heavy (non-hydrogen) atoms. The molecule has 0 saturated heterocycles. The van der Waals surface area contributed by atoms with Gasteiger partial charge in [-0.1, -0.05) is 0 Å². The first-order valence-electron chi connectivity index (χ1n) is 7.50. The van der Waals surface area contributed by atoms with Crippen LogP contribution in [0.2, 0.25) is 0 Å². The summed E-state index contributed by atoms with van der Waals surface area (Å²) in [6, 6.07) is 0.594. The van der Waals surface area contributed by atoms with Gasteiger partial charge in [0.05, 0.1) is 17.2 Å². The Kier molecular flexibility index (Phi) is 5.58. The van der Waals surface area contributed by atoms with Crippen molar-refractivity contribution in [2.75, 3.05) is 34.7 Å². The number of hydrogen-bond donors (Lipinski definition) is 1. The third kappa shape index (κ3) is 4.68. The normalized spacial score (nSPS) is 17.1. The average molecular weight is 309 g/mol. The Morgan fingerprint density at radius 1 is 1.48 bits per heavy atom. The number of nitrogens with zero attached hydrogens (tertiary/aromatic N) is 4. The maximum atomic E-state index is 4.51. The lowest BCUT2D eigenvalue weighted by atomic mass is 10.1. The number of aryl methyl sites for hydroxylation is 1. The van der Waals surface area contributed by atoms with Crippen LogP contribution in [0.4, 0.5) is 0 Å². The molecule has 1 atom stereocenters. The molecule has 1 saturated carbocycles. The molecule has 6 heteroatoms. The van der Waals surface area contributed by atoms with Crippen molar-refractivity contribution in [3.05, 3.63) is 16.1 Å². The first-order valence-corrected chi connectivity index (χ1v) is 8.38. The summed E-state index contributed by atoms with van der Waals surface area (Å²) in [4.78, 5) is 13.4. The van der Waals surface area contributed by atoms with E-state index in [9.17, 15) is 0 Å². The SMILES string of the molecule is CN=C(NCC(C1CC1)N(C)C)N(C)Cc1csc(C)n1. The largest absolute Gasteiger partial charge is 0.355 e. The number of thiazole rings is 1. The van der Waals surface area contributed by atoms with Crippen molar-refractivity contribution in [2.24, 2.45) is 10.9 Å². The summed E-state index contributed by atoms with van der Waals surface area (Å²) in [6.07, 6.45) is 2.72. The minimum absolute atomic E-state index is 0.594. The van der Waals surface area contributed by atoms with Gasteiger partial charge in [0.25, 0.3) is 0 Å². The molecule has 1 heterocycles. The molecule has 0 radical (unpaired) electrons. The van der Waals surface area contributed by atoms with Gasteiger partial charge in [-0.15, -0.1) is 11.3 Å². The lowest BCUT2D eigenvalue weighted by Gasteiger charge is -2.27. The highest BCUT2D eigenvalue weighted by Gasteiger charge is 2.32. The van der Waals surface area contributed by atoms with E-state index >= 15 is 0 Å². The zero-order valence-electron chi connectivity index (χ0n) is 13.8. The van der Waals surface area contributed by atoms with Crippen LogP contribution in [0.3, 0.4) is 0 Å². The topological polar surface area (TPSA) is 43.8 Å². The molecule has 0 spiro atoms. The van der Waals surface area contributed by atoms with Crippen LogP contribution in [0.1, 0.15) is 23.5 Å². The zero-order valence-corrected chi connectivity index (χ0v) is 14.6. The van der Waals surface area contributed by atoms with Crippen LogP contribution in [-0.4, -0.2) is 61.5 Å². The molecule has 0 aromatic carbocycles. The van der Waals surface area contributed by atoms with E-state index in [1.54, 1.807) is 11.3 Å². The minimum atomic E-state index is 0.594. The molecule has 1 N–H and O–H groups in total. The molecule has 1 aromatic heterocycles. The van der Waals surface area contributed by atoms with E-state index in [2.05, 4.69) is 51.6 Å². The van der Waals surface area contributed by atoms with Gasteiger partial charge in [-0.25, -0.2) is 4.98 Å². The van der Waals surface area contributed by atoms with Crippen molar-refractivity contribution in [3.8, 4) is 0 Å². The van der Waals surface area contributed by atoms with Crippen molar-refractivity contribution in [1.29, 1.82) is 0 Å². The molecule has 1 fully saturated rings. The first kappa shape index (κ1) is 16.2. The van der Waals surface area contributed by atoms with Crippen LogP contribution in [0.5, 0.6) is 0 Å². The predicted molar refractivity (Wildman–Crippen MR) is 89.9 cm³/mol. The van der Waals surface area contributed by atoms with Gasteiger partial charge in [0.2, 0.25) is 0 Å². The van der Waals surface area contributed by atoms with E-state index in [0.717, 1.165) is 35.7 Å². The fourth-order valence-electron chi connectivity index (χ4n) is 2.63. The number of aliphatic imine (C=N–C) groups is 1. The molecule has 1 aliphatic rings. The molecule has 0 aliphatic heterocycles. The maximum absolute atomic E-state index is 4.51. The lowest BCUT2D eigenvalue weighted by Crippen LogP contribution is -2.46. The van der Waals surface area contributed by atoms with Crippen molar-refractivity contribution >= 4 is 17.3 Å². The standard InChI is InChI=1S/C15H27N5S/c1-11-18-13(10-21-11)9-20(5)15(16-2)17-8-14(19(3)4)12-6-7-12/h10,12,14H,6-9H2,1-5H3,(H,16,17). The molecule has 0 bridgehead atoms. The van der Waals surface area contributed by atoms with E-state index in [1.165, 1.54) is 12.8 Å². The number of rotatable bonds is 6. The second-order valence-electron chi connectivity index (χ2n) is 6.01. The van der Waals surface area contributed by atoms with Gasteiger partial charge in [-0.05, 0) is 39.8 Å². The first-order chi connectivity index (χ1) is 10.0. The minimum Gasteiger partial charge on any atom is -0.355 e. The van der Waals surface area contributed by atoms with Crippen molar-refractivity contribution in [2.45, 2.75) is 32.4 Å². The number of aromatic nitrogens is 1. The third-order valence-electron chi connectivity index (χ3n) is 3.94. The van der Waals surface area contributed by atoms with Crippen LogP contribution in [-0.2, 0) is 6.54 Å². The Morgan fingerprint density at radius 3 is 2.67 bits per heavy atom. The number of nitrogens with one attached hydrogen (secondary N) is 1. The average Bonchev–Trinajstić information content (AvgIpc) is 3.17. The smallest absolute Gasteiger partial charge is 0.193 e. The monoisotopic (exact) mass is 309 g/mol. The molecular weight excluding hydrogens is 282 g/mol. The summed E-state index contributed by atoms with van der Waals surface area (Å²) in [6.45, 7) is 3.78. The van der Waals surface area contributed by atoms with Crippen molar-refractivity contribution < 1.29 is 0 Å². The highest BCUT2D eigenvalue weighted by atomic mass is 32.1. The van der Waals surface area contributed by atoms with Crippen LogP contribution >= 0.6 is 11.3 Å². The van der Waals surface area contributed by atoms with Crippen LogP contribution in [0.15, 0.2) is 10.4 Å². The summed E-state index contributed by atoms with van der Waals surface area (Å²) in [5.74, 6) is 1.78. The molecule has 1 unspecified atom stereocenters. The Morgan fingerprint density at radius 2 is 2.19 bits per heavy atom. The molecule has 0 amide bonds. The second-order valence-corrected chi connectivity index (χ2v) is 7.07. The van der Waals surface area contributed by atoms with Gasteiger partial charge in [0, 0.05) is 32.1 Å². The fraction of sp³-hybridized carbons (Fsp3) is 0.733.